The van der Waals surface area contributed by atoms with Crippen LogP contribution in [-0.2, 0) is 0 Å². The van der Waals surface area contributed by atoms with E-state index in [1.165, 1.54) is 25.7 Å². The van der Waals surface area contributed by atoms with E-state index in [2.05, 4.69) is 27.7 Å². The van der Waals surface area contributed by atoms with Gasteiger partial charge in [0.25, 0.3) is 0 Å². The molecule has 0 N–H and O–H groups in total. The van der Waals surface area contributed by atoms with Crippen molar-refractivity contribution in [1.82, 2.24) is 0 Å². The molecule has 0 rings (SSSR count). The van der Waals surface area contributed by atoms with Crippen molar-refractivity contribution in [3.05, 3.63) is 6.92 Å². The average Bonchev–Trinajstić information content (AvgIpc) is 2.00. The Labute approximate surface area is 66.0 Å². The molecule has 0 heterocycles. The molecule has 10 heavy (non-hydrogen) atoms. The molecular weight excluding hydrogens is 120 g/mol. The first-order valence-electron chi connectivity index (χ1n) is 4.47. The number of rotatable bonds is 5. The van der Waals surface area contributed by atoms with Gasteiger partial charge in [-0.25, -0.2) is 0 Å². The zero-order valence-corrected chi connectivity index (χ0v) is 7.74. The Morgan fingerprint density at radius 3 is 2.00 bits per heavy atom. The van der Waals surface area contributed by atoms with E-state index in [-0.39, 0.29) is 0 Å². The van der Waals surface area contributed by atoms with Crippen molar-refractivity contribution in [1.29, 1.82) is 0 Å². The Morgan fingerprint density at radius 1 is 1.20 bits per heavy atom. The van der Waals surface area contributed by atoms with Crippen molar-refractivity contribution < 1.29 is 0 Å². The summed E-state index contributed by atoms with van der Waals surface area (Å²) < 4.78 is 0. The molecule has 0 nitrogen and oxygen atoms in total. The van der Waals surface area contributed by atoms with E-state index in [9.17, 15) is 0 Å². The summed E-state index contributed by atoms with van der Waals surface area (Å²) in [6, 6.07) is 0. The molecule has 0 atom stereocenters. The van der Waals surface area contributed by atoms with Crippen LogP contribution in [0.4, 0.5) is 0 Å². The molecular formula is C10H21. The zero-order chi connectivity index (χ0) is 8.04. The minimum Gasteiger partial charge on any atom is -0.0649 e. The Balaban J connectivity index is 3.58. The highest BCUT2D eigenvalue weighted by atomic mass is 14.2. The monoisotopic (exact) mass is 141 g/mol. The van der Waals surface area contributed by atoms with Crippen LogP contribution in [0.1, 0.15) is 52.9 Å². The lowest BCUT2D eigenvalue weighted by Gasteiger charge is -2.26. The first-order chi connectivity index (χ1) is 4.68. The van der Waals surface area contributed by atoms with Crippen LogP contribution >= 0.6 is 0 Å². The van der Waals surface area contributed by atoms with Crippen LogP contribution in [0.5, 0.6) is 0 Å². The molecule has 0 aliphatic heterocycles. The lowest BCUT2D eigenvalue weighted by atomic mass is 9.80. The third kappa shape index (κ3) is 3.24. The number of hydrogen-bond donors (Lipinski definition) is 0. The van der Waals surface area contributed by atoms with Gasteiger partial charge in [-0.2, -0.15) is 0 Å². The van der Waals surface area contributed by atoms with Crippen molar-refractivity contribution >= 4 is 0 Å². The van der Waals surface area contributed by atoms with Gasteiger partial charge in [0, 0.05) is 0 Å². The molecule has 0 aliphatic rings. The highest BCUT2D eigenvalue weighted by molar-refractivity contribution is 4.70. The van der Waals surface area contributed by atoms with Crippen LogP contribution in [0, 0.1) is 12.3 Å². The van der Waals surface area contributed by atoms with Gasteiger partial charge in [0.1, 0.15) is 0 Å². The van der Waals surface area contributed by atoms with Crippen molar-refractivity contribution in [2.45, 2.75) is 52.9 Å². The van der Waals surface area contributed by atoms with Crippen molar-refractivity contribution in [2.75, 3.05) is 0 Å². The van der Waals surface area contributed by atoms with Crippen molar-refractivity contribution in [2.24, 2.45) is 5.41 Å². The standard InChI is InChI=1S/C10H21/c1-5-8-9-10(4,6-2)7-3/h1,5-9H2,2-4H3. The molecule has 1 radical (unpaired) electrons. The second kappa shape index (κ2) is 4.76. The van der Waals surface area contributed by atoms with E-state index in [0.717, 1.165) is 6.42 Å². The van der Waals surface area contributed by atoms with Crippen LogP contribution in [0.25, 0.3) is 0 Å². The highest BCUT2D eigenvalue weighted by Gasteiger charge is 2.17. The van der Waals surface area contributed by atoms with Gasteiger partial charge in [0.2, 0.25) is 0 Å². The summed E-state index contributed by atoms with van der Waals surface area (Å²) in [5, 5.41) is 0. The Kier molecular flexibility index (Phi) is 4.76. The normalized spacial score (nSPS) is 12.0. The van der Waals surface area contributed by atoms with Crippen LogP contribution in [0.15, 0.2) is 0 Å². The fourth-order valence-electron chi connectivity index (χ4n) is 1.16. The maximum absolute atomic E-state index is 3.86. The summed E-state index contributed by atoms with van der Waals surface area (Å²) in [5.41, 5.74) is 0.595. The maximum Gasteiger partial charge on any atom is -0.0331 e. The summed E-state index contributed by atoms with van der Waals surface area (Å²) >= 11 is 0. The number of hydrogen-bond acceptors (Lipinski definition) is 0. The smallest absolute Gasteiger partial charge is 0.0331 e. The minimum absolute atomic E-state index is 0.595. The number of unbranched alkanes of at least 4 members (excludes halogenated alkanes) is 1. The first kappa shape index (κ1) is 10.0. The quantitative estimate of drug-likeness (QED) is 0.546. The second-order valence-electron chi connectivity index (χ2n) is 3.47. The summed E-state index contributed by atoms with van der Waals surface area (Å²) in [6.07, 6.45) is 6.35. The fraction of sp³-hybridized carbons (Fsp3) is 0.900. The van der Waals surface area contributed by atoms with E-state index >= 15 is 0 Å². The van der Waals surface area contributed by atoms with Gasteiger partial charge < -0.3 is 0 Å². The lowest BCUT2D eigenvalue weighted by molar-refractivity contribution is 0.266. The van der Waals surface area contributed by atoms with E-state index in [0.29, 0.717) is 5.41 Å². The molecule has 0 fully saturated rings. The molecule has 0 unspecified atom stereocenters. The van der Waals surface area contributed by atoms with Crippen LogP contribution in [0.2, 0.25) is 0 Å². The predicted octanol–water partition coefficient (Wildman–Crippen LogP) is 3.82. The molecule has 0 aliphatic carbocycles. The van der Waals surface area contributed by atoms with Crippen LogP contribution in [0.3, 0.4) is 0 Å². The molecule has 0 heteroatoms. The first-order valence-corrected chi connectivity index (χ1v) is 4.47. The van der Waals surface area contributed by atoms with E-state index < -0.39 is 0 Å². The molecule has 61 valence electrons. The van der Waals surface area contributed by atoms with E-state index in [4.69, 9.17) is 0 Å². The van der Waals surface area contributed by atoms with Crippen molar-refractivity contribution in [3.63, 3.8) is 0 Å². The highest BCUT2D eigenvalue weighted by Crippen LogP contribution is 2.31. The predicted molar refractivity (Wildman–Crippen MR) is 47.9 cm³/mol. The molecule has 0 saturated carbocycles. The summed E-state index contributed by atoms with van der Waals surface area (Å²) in [4.78, 5) is 0. The summed E-state index contributed by atoms with van der Waals surface area (Å²) in [7, 11) is 0. The van der Waals surface area contributed by atoms with Crippen LogP contribution in [-0.4, -0.2) is 0 Å². The van der Waals surface area contributed by atoms with Crippen LogP contribution < -0.4 is 0 Å². The van der Waals surface area contributed by atoms with Gasteiger partial charge in [-0.1, -0.05) is 53.4 Å². The maximum atomic E-state index is 3.86. The van der Waals surface area contributed by atoms with Gasteiger partial charge in [-0.15, -0.1) is 0 Å². The topological polar surface area (TPSA) is 0 Å². The fourth-order valence-corrected chi connectivity index (χ4v) is 1.16. The molecule has 0 aromatic rings. The Hall–Kier alpha value is 0. The van der Waals surface area contributed by atoms with E-state index in [1.807, 2.05) is 0 Å². The molecule has 0 saturated heterocycles. The third-order valence-corrected chi connectivity index (χ3v) is 2.74. The molecule has 0 aromatic heterocycles. The average molecular weight is 141 g/mol. The van der Waals surface area contributed by atoms with Gasteiger partial charge in [-0.05, 0) is 11.8 Å². The van der Waals surface area contributed by atoms with Gasteiger partial charge in [0.15, 0.2) is 0 Å². The molecule has 0 bridgehead atoms. The largest absolute Gasteiger partial charge is 0.0649 e. The van der Waals surface area contributed by atoms with Gasteiger partial charge >= 0.3 is 0 Å². The SMILES string of the molecule is [CH2]CCCC(C)(CC)CC. The molecule has 0 aromatic carbocycles. The summed E-state index contributed by atoms with van der Waals surface area (Å²) in [6.45, 7) is 10.8. The molecule has 0 spiro atoms. The lowest BCUT2D eigenvalue weighted by Crippen LogP contribution is -2.12. The van der Waals surface area contributed by atoms with E-state index in [1.54, 1.807) is 0 Å². The zero-order valence-electron chi connectivity index (χ0n) is 7.74. The third-order valence-electron chi connectivity index (χ3n) is 2.74. The Morgan fingerprint density at radius 2 is 1.70 bits per heavy atom. The molecule has 0 amide bonds. The van der Waals surface area contributed by atoms with Crippen molar-refractivity contribution in [3.8, 4) is 0 Å². The second-order valence-corrected chi connectivity index (χ2v) is 3.47. The summed E-state index contributed by atoms with van der Waals surface area (Å²) in [5.74, 6) is 0. The minimum atomic E-state index is 0.595. The Bertz CT molecular complexity index is 70.1. The van der Waals surface area contributed by atoms with Gasteiger partial charge in [-0.3, -0.25) is 0 Å². The van der Waals surface area contributed by atoms with Gasteiger partial charge in [0.05, 0.1) is 0 Å².